The Labute approximate surface area is 152 Å². The molecule has 0 spiro atoms. The lowest BCUT2D eigenvalue weighted by atomic mass is 10.1. The molecule has 0 bridgehead atoms. The van der Waals surface area contributed by atoms with Gasteiger partial charge >= 0.3 is 0 Å². The molecule has 4 rings (SSSR count). The Balaban J connectivity index is 1.88. The van der Waals surface area contributed by atoms with Crippen LogP contribution in [0.5, 0.6) is 0 Å². The first-order chi connectivity index (χ1) is 12.1. The Morgan fingerprint density at radius 3 is 2.44 bits per heavy atom. The van der Waals surface area contributed by atoms with Gasteiger partial charge in [0.25, 0.3) is 0 Å². The number of nitrogens with zero attached hydrogens (tertiary/aromatic N) is 3. The summed E-state index contributed by atoms with van der Waals surface area (Å²) in [6.45, 7) is 5.75. The number of anilines is 1. The zero-order valence-corrected chi connectivity index (χ0v) is 15.1. The highest BCUT2D eigenvalue weighted by Gasteiger charge is 2.25. The van der Waals surface area contributed by atoms with Crippen LogP contribution in [0.1, 0.15) is 13.8 Å². The molecule has 5 heteroatoms. The molecule has 0 aliphatic carbocycles. The van der Waals surface area contributed by atoms with Crippen molar-refractivity contribution in [3.63, 3.8) is 0 Å². The molecule has 0 N–H and O–H groups in total. The molecule has 2 heterocycles. The smallest absolute Gasteiger partial charge is 0.226 e. The Morgan fingerprint density at radius 1 is 1.00 bits per heavy atom. The van der Waals surface area contributed by atoms with E-state index < -0.39 is 0 Å². The number of rotatable bonds is 2. The van der Waals surface area contributed by atoms with E-state index in [0.29, 0.717) is 5.02 Å². The molecule has 1 aromatic heterocycles. The second-order valence-corrected chi connectivity index (χ2v) is 7.00. The van der Waals surface area contributed by atoms with Gasteiger partial charge in [0.15, 0.2) is 0 Å². The summed E-state index contributed by atoms with van der Waals surface area (Å²) in [7, 11) is 0. The second kappa shape index (κ2) is 6.62. The summed E-state index contributed by atoms with van der Waals surface area (Å²) in [6.07, 6.45) is 0.321. The molecule has 1 aliphatic heterocycles. The molecule has 1 aliphatic rings. The molecular formula is C20H20ClN3O. The molecule has 4 nitrogen and oxygen atoms in total. The maximum Gasteiger partial charge on any atom is 0.226 e. The van der Waals surface area contributed by atoms with E-state index in [1.54, 1.807) is 0 Å². The number of hydrogen-bond donors (Lipinski definition) is 0. The number of fused-ring (bicyclic) bond motifs is 1. The SMILES string of the molecule is C[C@@H]1CN(c2nc(-c3ccccc3)c3cc(Cl)ccc3n2)C[C@H](C)O1. The van der Waals surface area contributed by atoms with E-state index in [1.165, 1.54) is 0 Å². The fourth-order valence-corrected chi connectivity index (χ4v) is 3.56. The maximum atomic E-state index is 6.22. The van der Waals surface area contributed by atoms with Crippen LogP contribution < -0.4 is 4.90 Å². The van der Waals surface area contributed by atoms with Gasteiger partial charge in [0.1, 0.15) is 0 Å². The summed E-state index contributed by atoms with van der Waals surface area (Å²) in [5.74, 6) is 0.746. The number of ether oxygens (including phenoxy) is 1. The van der Waals surface area contributed by atoms with E-state index in [4.69, 9.17) is 26.3 Å². The molecule has 0 amide bonds. The first kappa shape index (κ1) is 16.3. The highest BCUT2D eigenvalue weighted by atomic mass is 35.5. The summed E-state index contributed by atoms with van der Waals surface area (Å²) in [5, 5.41) is 1.66. The second-order valence-electron chi connectivity index (χ2n) is 6.56. The van der Waals surface area contributed by atoms with Crippen molar-refractivity contribution in [3.8, 4) is 11.3 Å². The highest BCUT2D eigenvalue weighted by molar-refractivity contribution is 6.31. The lowest BCUT2D eigenvalue weighted by Crippen LogP contribution is -2.46. The quantitative estimate of drug-likeness (QED) is 0.676. The van der Waals surface area contributed by atoms with Crippen LogP contribution in [0, 0.1) is 0 Å². The van der Waals surface area contributed by atoms with Gasteiger partial charge < -0.3 is 9.64 Å². The number of halogens is 1. The predicted octanol–water partition coefficient (Wildman–Crippen LogP) is 4.56. The molecule has 1 saturated heterocycles. The van der Waals surface area contributed by atoms with Gasteiger partial charge in [-0.25, -0.2) is 9.97 Å². The summed E-state index contributed by atoms with van der Waals surface area (Å²) in [4.78, 5) is 11.9. The van der Waals surface area contributed by atoms with Gasteiger partial charge in [-0.2, -0.15) is 0 Å². The lowest BCUT2D eigenvalue weighted by Gasteiger charge is -2.35. The standard InChI is InChI=1S/C20H20ClN3O/c1-13-11-24(12-14(2)25-13)20-22-18-9-8-16(21)10-17(18)19(23-20)15-6-4-3-5-7-15/h3-10,13-14H,11-12H2,1-2H3/t13-,14+. The van der Waals surface area contributed by atoms with E-state index in [-0.39, 0.29) is 12.2 Å². The van der Waals surface area contributed by atoms with Crippen molar-refractivity contribution in [2.75, 3.05) is 18.0 Å². The minimum Gasteiger partial charge on any atom is -0.372 e. The van der Waals surface area contributed by atoms with Crippen LogP contribution in [0.4, 0.5) is 5.95 Å². The van der Waals surface area contributed by atoms with E-state index in [0.717, 1.165) is 41.2 Å². The summed E-state index contributed by atoms with van der Waals surface area (Å²) >= 11 is 6.22. The molecule has 2 aromatic carbocycles. The monoisotopic (exact) mass is 353 g/mol. The van der Waals surface area contributed by atoms with Crippen molar-refractivity contribution in [3.05, 3.63) is 53.6 Å². The van der Waals surface area contributed by atoms with Crippen molar-refractivity contribution in [1.82, 2.24) is 9.97 Å². The first-order valence-corrected chi connectivity index (χ1v) is 8.91. The average molecular weight is 354 g/mol. The van der Waals surface area contributed by atoms with Crippen LogP contribution in [0.2, 0.25) is 5.02 Å². The lowest BCUT2D eigenvalue weighted by molar-refractivity contribution is -0.00569. The third-order valence-corrected chi connectivity index (χ3v) is 4.63. The molecule has 128 valence electrons. The van der Waals surface area contributed by atoms with Crippen LogP contribution in [0.3, 0.4) is 0 Å². The molecule has 0 saturated carbocycles. The van der Waals surface area contributed by atoms with Gasteiger partial charge in [-0.1, -0.05) is 41.9 Å². The Morgan fingerprint density at radius 2 is 1.72 bits per heavy atom. The van der Waals surface area contributed by atoms with Gasteiger partial charge in [-0.3, -0.25) is 0 Å². The van der Waals surface area contributed by atoms with Gasteiger partial charge in [-0.15, -0.1) is 0 Å². The molecule has 2 atom stereocenters. The van der Waals surface area contributed by atoms with Crippen LogP contribution in [-0.4, -0.2) is 35.3 Å². The number of morpholine rings is 1. The normalized spacial score (nSPS) is 20.8. The first-order valence-electron chi connectivity index (χ1n) is 8.53. The van der Waals surface area contributed by atoms with Crippen molar-refractivity contribution in [2.45, 2.75) is 26.1 Å². The van der Waals surface area contributed by atoms with Gasteiger partial charge in [0, 0.05) is 29.1 Å². The summed E-state index contributed by atoms with van der Waals surface area (Å²) in [6, 6.07) is 16.0. The summed E-state index contributed by atoms with van der Waals surface area (Å²) in [5.41, 5.74) is 2.88. The average Bonchev–Trinajstić information content (AvgIpc) is 2.61. The van der Waals surface area contributed by atoms with Crippen molar-refractivity contribution in [1.29, 1.82) is 0 Å². The highest BCUT2D eigenvalue weighted by Crippen LogP contribution is 2.30. The Hall–Kier alpha value is -2.17. The zero-order chi connectivity index (χ0) is 17.4. The van der Waals surface area contributed by atoms with Crippen LogP contribution in [0.15, 0.2) is 48.5 Å². The fraction of sp³-hybridized carbons (Fsp3) is 0.300. The Bertz CT molecular complexity index is 890. The maximum absolute atomic E-state index is 6.22. The van der Waals surface area contributed by atoms with Gasteiger partial charge in [0.05, 0.1) is 23.4 Å². The van der Waals surface area contributed by atoms with E-state index >= 15 is 0 Å². The number of benzene rings is 2. The molecule has 0 unspecified atom stereocenters. The van der Waals surface area contributed by atoms with Crippen molar-refractivity contribution >= 4 is 28.5 Å². The van der Waals surface area contributed by atoms with E-state index in [1.807, 2.05) is 36.4 Å². The topological polar surface area (TPSA) is 38.2 Å². The molecule has 1 fully saturated rings. The van der Waals surface area contributed by atoms with E-state index in [2.05, 4.69) is 30.9 Å². The minimum absolute atomic E-state index is 0.161. The predicted molar refractivity (Wildman–Crippen MR) is 102 cm³/mol. The third kappa shape index (κ3) is 3.32. The molecule has 25 heavy (non-hydrogen) atoms. The molecular weight excluding hydrogens is 334 g/mol. The van der Waals surface area contributed by atoms with Gasteiger partial charge in [-0.05, 0) is 32.0 Å². The fourth-order valence-electron chi connectivity index (χ4n) is 3.39. The van der Waals surface area contributed by atoms with E-state index in [9.17, 15) is 0 Å². The van der Waals surface area contributed by atoms with Crippen LogP contribution in [-0.2, 0) is 4.74 Å². The number of aromatic nitrogens is 2. The van der Waals surface area contributed by atoms with Crippen molar-refractivity contribution < 1.29 is 4.74 Å². The largest absolute Gasteiger partial charge is 0.372 e. The van der Waals surface area contributed by atoms with Crippen LogP contribution >= 0.6 is 11.6 Å². The zero-order valence-electron chi connectivity index (χ0n) is 14.3. The van der Waals surface area contributed by atoms with Gasteiger partial charge in [0.2, 0.25) is 5.95 Å². The Kier molecular flexibility index (Phi) is 4.32. The molecule has 0 radical (unpaired) electrons. The number of hydrogen-bond acceptors (Lipinski definition) is 4. The van der Waals surface area contributed by atoms with Crippen molar-refractivity contribution in [2.24, 2.45) is 0 Å². The third-order valence-electron chi connectivity index (χ3n) is 4.40. The molecule has 3 aromatic rings. The summed E-state index contributed by atoms with van der Waals surface area (Å²) < 4.78 is 5.84. The van der Waals surface area contributed by atoms with Crippen LogP contribution in [0.25, 0.3) is 22.2 Å². The minimum atomic E-state index is 0.161.